The largest absolute Gasteiger partial charge is 0.507 e. The molecule has 0 saturated carbocycles. The van der Waals surface area contributed by atoms with Crippen LogP contribution in [-0.2, 0) is 25.7 Å². The molecule has 1 atom stereocenters. The Kier molecular flexibility index (Phi) is 9.26. The first-order valence-electron chi connectivity index (χ1n) is 13.3. The molecule has 0 saturated heterocycles. The third-order valence-electron chi connectivity index (χ3n) is 5.92. The Hall–Kier alpha value is -5.12. The summed E-state index contributed by atoms with van der Waals surface area (Å²) in [4.78, 5) is 50.8. The second-order valence-corrected chi connectivity index (χ2v) is 10.5. The van der Waals surface area contributed by atoms with Gasteiger partial charge in [-0.2, -0.15) is 0 Å². The van der Waals surface area contributed by atoms with E-state index in [0.717, 1.165) is 11.6 Å². The third-order valence-corrected chi connectivity index (χ3v) is 5.92. The molecule has 3 aromatic carbocycles. The number of hydrogen-bond donors (Lipinski definition) is 2. The molecule has 0 aliphatic heterocycles. The number of ether oxygens (including phenoxy) is 3. The van der Waals surface area contributed by atoms with Crippen molar-refractivity contribution in [2.75, 3.05) is 0 Å². The second-order valence-electron chi connectivity index (χ2n) is 10.5. The lowest BCUT2D eigenvalue weighted by Gasteiger charge is -2.23. The minimum Gasteiger partial charge on any atom is -0.507 e. The van der Waals surface area contributed by atoms with Gasteiger partial charge in [0.1, 0.15) is 46.5 Å². The maximum Gasteiger partial charge on any atom is 0.408 e. The van der Waals surface area contributed by atoms with Crippen LogP contribution < -0.4 is 15.5 Å². The standard InChI is InChI=1S/C32H31NO9/c1-32(2,3)42-31(38)33-23(14-15-28(36)39-19-20-10-6-4-7-11-20)30(37)40-22-16-24(34)29-25(35)18-26(41-27(29)17-22)21-12-8-5-9-13-21/h4-13,16-18,23,34H,14-15,19H2,1-3H3,(H,33,38)/t23-/m0/s1. The number of benzene rings is 3. The van der Waals surface area contributed by atoms with Gasteiger partial charge in [-0.25, -0.2) is 9.59 Å². The minimum atomic E-state index is -1.30. The molecule has 0 bridgehead atoms. The van der Waals surface area contributed by atoms with Crippen molar-refractivity contribution in [1.29, 1.82) is 0 Å². The predicted molar refractivity (Wildman–Crippen MR) is 154 cm³/mol. The van der Waals surface area contributed by atoms with Crippen molar-refractivity contribution in [2.24, 2.45) is 0 Å². The van der Waals surface area contributed by atoms with Gasteiger partial charge in [0.2, 0.25) is 0 Å². The highest BCUT2D eigenvalue weighted by atomic mass is 16.6. The molecule has 218 valence electrons. The molecule has 42 heavy (non-hydrogen) atoms. The first-order chi connectivity index (χ1) is 20.0. The van der Waals surface area contributed by atoms with E-state index in [1.54, 1.807) is 57.2 Å². The zero-order valence-electron chi connectivity index (χ0n) is 23.4. The lowest BCUT2D eigenvalue weighted by molar-refractivity contribution is -0.145. The van der Waals surface area contributed by atoms with E-state index < -0.39 is 40.9 Å². The van der Waals surface area contributed by atoms with Gasteiger partial charge in [-0.3, -0.25) is 9.59 Å². The molecule has 0 radical (unpaired) electrons. The fourth-order valence-corrected chi connectivity index (χ4v) is 4.01. The Balaban J connectivity index is 1.52. The number of phenolic OH excluding ortho intramolecular Hbond substituents is 1. The highest BCUT2D eigenvalue weighted by molar-refractivity contribution is 5.88. The molecule has 2 N–H and O–H groups in total. The molecule has 0 unspecified atom stereocenters. The van der Waals surface area contributed by atoms with Gasteiger partial charge in [-0.05, 0) is 32.8 Å². The Morgan fingerprint density at radius 1 is 0.952 bits per heavy atom. The average Bonchev–Trinajstić information content (AvgIpc) is 2.93. The van der Waals surface area contributed by atoms with Crippen LogP contribution in [0.25, 0.3) is 22.3 Å². The molecule has 10 nitrogen and oxygen atoms in total. The van der Waals surface area contributed by atoms with Gasteiger partial charge in [-0.1, -0.05) is 60.7 Å². The Morgan fingerprint density at radius 2 is 1.62 bits per heavy atom. The first-order valence-corrected chi connectivity index (χ1v) is 13.3. The van der Waals surface area contributed by atoms with Gasteiger partial charge in [-0.15, -0.1) is 0 Å². The molecule has 1 amide bonds. The molecular weight excluding hydrogens is 542 g/mol. The number of nitrogens with one attached hydrogen (secondary N) is 1. The molecule has 0 aliphatic carbocycles. The molecule has 4 aromatic rings. The zero-order valence-corrected chi connectivity index (χ0v) is 23.4. The Bertz CT molecular complexity index is 1620. The molecule has 0 spiro atoms. The summed E-state index contributed by atoms with van der Waals surface area (Å²) in [5.41, 5.74) is 0.103. The number of fused-ring (bicyclic) bond motifs is 1. The molecule has 1 heterocycles. The van der Waals surface area contributed by atoms with Crippen molar-refractivity contribution in [3.05, 3.63) is 94.6 Å². The van der Waals surface area contributed by atoms with Crippen LogP contribution in [0.2, 0.25) is 0 Å². The first kappa shape index (κ1) is 29.9. The second kappa shape index (κ2) is 13.0. The number of amides is 1. The van der Waals surface area contributed by atoms with Crippen LogP contribution in [0.5, 0.6) is 11.5 Å². The van der Waals surface area contributed by atoms with Crippen LogP contribution in [0.15, 0.2) is 88.1 Å². The summed E-state index contributed by atoms with van der Waals surface area (Å²) in [5.74, 6) is -1.85. The summed E-state index contributed by atoms with van der Waals surface area (Å²) in [7, 11) is 0. The number of alkyl carbamates (subject to hydrolysis) is 1. The van der Waals surface area contributed by atoms with E-state index in [1.165, 1.54) is 12.1 Å². The van der Waals surface area contributed by atoms with Crippen LogP contribution >= 0.6 is 0 Å². The maximum absolute atomic E-state index is 13.2. The smallest absolute Gasteiger partial charge is 0.408 e. The van der Waals surface area contributed by atoms with Crippen LogP contribution in [0, 0.1) is 0 Å². The summed E-state index contributed by atoms with van der Waals surface area (Å²) in [6.45, 7) is 5.05. The molecular formula is C32H31NO9. The Morgan fingerprint density at radius 3 is 2.29 bits per heavy atom. The topological polar surface area (TPSA) is 141 Å². The number of esters is 2. The van der Waals surface area contributed by atoms with Crippen LogP contribution in [0.1, 0.15) is 39.2 Å². The summed E-state index contributed by atoms with van der Waals surface area (Å²) < 4.78 is 21.8. The quantitative estimate of drug-likeness (QED) is 0.196. The molecule has 1 aromatic heterocycles. The molecule has 0 fully saturated rings. The van der Waals surface area contributed by atoms with Crippen LogP contribution in [-0.4, -0.2) is 34.8 Å². The number of carbonyl (C=O) groups is 3. The average molecular weight is 574 g/mol. The Labute approximate surface area is 241 Å². The molecule has 4 rings (SSSR count). The van der Waals surface area contributed by atoms with Gasteiger partial charge < -0.3 is 29.1 Å². The number of aromatic hydroxyl groups is 1. The molecule has 0 aliphatic rings. The zero-order chi connectivity index (χ0) is 30.3. The number of carbonyl (C=O) groups excluding carboxylic acids is 3. The van der Waals surface area contributed by atoms with E-state index in [-0.39, 0.29) is 41.9 Å². The lowest BCUT2D eigenvalue weighted by Crippen LogP contribution is -2.45. The minimum absolute atomic E-state index is 0.00899. The van der Waals surface area contributed by atoms with Crippen LogP contribution in [0.3, 0.4) is 0 Å². The van der Waals surface area contributed by atoms with E-state index in [9.17, 15) is 24.3 Å². The van der Waals surface area contributed by atoms with E-state index >= 15 is 0 Å². The highest BCUT2D eigenvalue weighted by Gasteiger charge is 2.27. The van der Waals surface area contributed by atoms with Crippen molar-refractivity contribution >= 4 is 29.0 Å². The lowest BCUT2D eigenvalue weighted by atomic mass is 10.1. The van der Waals surface area contributed by atoms with Crippen molar-refractivity contribution in [3.8, 4) is 22.8 Å². The third kappa shape index (κ3) is 8.20. The predicted octanol–water partition coefficient (Wildman–Crippen LogP) is 5.49. The van der Waals surface area contributed by atoms with E-state index in [0.29, 0.717) is 5.56 Å². The van der Waals surface area contributed by atoms with Gasteiger partial charge in [0, 0.05) is 30.2 Å². The summed E-state index contributed by atoms with van der Waals surface area (Å²) in [5, 5.41) is 12.9. The molecule has 10 heteroatoms. The summed E-state index contributed by atoms with van der Waals surface area (Å²) >= 11 is 0. The normalized spacial score (nSPS) is 11.9. The number of rotatable bonds is 9. The van der Waals surface area contributed by atoms with Crippen LogP contribution in [0.4, 0.5) is 4.79 Å². The summed E-state index contributed by atoms with van der Waals surface area (Å²) in [6, 6.07) is 20.3. The van der Waals surface area contributed by atoms with Gasteiger partial charge in [0.05, 0.1) is 0 Å². The van der Waals surface area contributed by atoms with Gasteiger partial charge >= 0.3 is 18.0 Å². The van der Waals surface area contributed by atoms with Gasteiger partial charge in [0.25, 0.3) is 0 Å². The van der Waals surface area contributed by atoms with Gasteiger partial charge in [0.15, 0.2) is 5.43 Å². The number of phenols is 1. The fourth-order valence-electron chi connectivity index (χ4n) is 4.01. The van der Waals surface area contributed by atoms with Crippen molar-refractivity contribution in [1.82, 2.24) is 5.32 Å². The van der Waals surface area contributed by atoms with Crippen molar-refractivity contribution < 1.29 is 38.1 Å². The van der Waals surface area contributed by atoms with Crippen molar-refractivity contribution in [2.45, 2.75) is 51.9 Å². The van der Waals surface area contributed by atoms with E-state index in [2.05, 4.69) is 5.32 Å². The number of hydrogen-bond acceptors (Lipinski definition) is 9. The van der Waals surface area contributed by atoms with Crippen molar-refractivity contribution in [3.63, 3.8) is 0 Å². The highest BCUT2D eigenvalue weighted by Crippen LogP contribution is 2.31. The monoisotopic (exact) mass is 573 g/mol. The summed E-state index contributed by atoms with van der Waals surface area (Å²) in [6.07, 6.45) is -1.25. The SMILES string of the molecule is CC(C)(C)OC(=O)N[C@@H](CCC(=O)OCc1ccccc1)C(=O)Oc1cc(O)c2c(=O)cc(-c3ccccc3)oc2c1. The maximum atomic E-state index is 13.2. The fraction of sp³-hybridized carbons (Fsp3) is 0.250. The van der Waals surface area contributed by atoms with E-state index in [1.807, 2.05) is 24.3 Å². The van der Waals surface area contributed by atoms with E-state index in [4.69, 9.17) is 18.6 Å².